The fourth-order valence-corrected chi connectivity index (χ4v) is 2.14. The molecule has 0 aliphatic heterocycles. The Labute approximate surface area is 121 Å². The van der Waals surface area contributed by atoms with Crippen LogP contribution in [0.3, 0.4) is 0 Å². The number of rotatable bonds is 2. The molecule has 2 rings (SSSR count). The zero-order valence-corrected chi connectivity index (χ0v) is 11.5. The molecule has 104 valence electrons. The third kappa shape index (κ3) is 3.01. The lowest BCUT2D eigenvalue weighted by Gasteiger charge is -2.08. The van der Waals surface area contributed by atoms with E-state index < -0.39 is 17.7 Å². The number of halogens is 4. The molecule has 0 aliphatic rings. The molecule has 1 N–H and O–H groups in total. The zero-order chi connectivity index (χ0) is 14.9. The fraction of sp³-hybridized carbons (Fsp3) is 0.0714. The van der Waals surface area contributed by atoms with Gasteiger partial charge in [0, 0.05) is 4.47 Å². The summed E-state index contributed by atoms with van der Waals surface area (Å²) >= 11 is 3.11. The highest BCUT2D eigenvalue weighted by molar-refractivity contribution is 9.10. The molecule has 0 bridgehead atoms. The van der Waals surface area contributed by atoms with Gasteiger partial charge in [0.15, 0.2) is 0 Å². The van der Waals surface area contributed by atoms with Crippen LogP contribution in [0, 0.1) is 0 Å². The van der Waals surface area contributed by atoms with E-state index in [4.69, 9.17) is 5.11 Å². The largest absolute Gasteiger partial charge is 0.478 e. The summed E-state index contributed by atoms with van der Waals surface area (Å²) in [5, 5.41) is 9.01. The van der Waals surface area contributed by atoms with E-state index in [1.54, 1.807) is 12.1 Å². The Hall–Kier alpha value is -1.82. The normalized spacial score (nSPS) is 11.4. The first-order valence-electron chi connectivity index (χ1n) is 5.49. The van der Waals surface area contributed by atoms with E-state index >= 15 is 0 Å². The van der Waals surface area contributed by atoms with E-state index in [1.165, 1.54) is 18.2 Å². The van der Waals surface area contributed by atoms with Crippen molar-refractivity contribution in [3.8, 4) is 11.1 Å². The van der Waals surface area contributed by atoms with Gasteiger partial charge in [-0.3, -0.25) is 0 Å². The van der Waals surface area contributed by atoms with Crippen LogP contribution in [-0.4, -0.2) is 11.1 Å². The van der Waals surface area contributed by atoms with Crippen molar-refractivity contribution >= 4 is 21.9 Å². The molecule has 0 radical (unpaired) electrons. The molecule has 0 unspecified atom stereocenters. The van der Waals surface area contributed by atoms with Crippen LogP contribution >= 0.6 is 15.9 Å². The van der Waals surface area contributed by atoms with Gasteiger partial charge in [0.05, 0.1) is 11.1 Å². The molecule has 0 atom stereocenters. The van der Waals surface area contributed by atoms with Crippen molar-refractivity contribution in [1.29, 1.82) is 0 Å². The Bertz CT molecular complexity index is 648. The van der Waals surface area contributed by atoms with Gasteiger partial charge in [0.25, 0.3) is 0 Å². The van der Waals surface area contributed by atoms with Gasteiger partial charge in [-0.2, -0.15) is 13.2 Å². The molecular formula is C14H8BrF3O2. The van der Waals surface area contributed by atoms with Crippen molar-refractivity contribution in [3.63, 3.8) is 0 Å². The molecule has 2 nitrogen and oxygen atoms in total. The van der Waals surface area contributed by atoms with Gasteiger partial charge in [0.2, 0.25) is 0 Å². The summed E-state index contributed by atoms with van der Waals surface area (Å²) in [5.41, 5.74) is 0.381. The number of hydrogen-bond acceptors (Lipinski definition) is 1. The summed E-state index contributed by atoms with van der Waals surface area (Å²) in [6.45, 7) is 0. The fourth-order valence-electron chi connectivity index (χ4n) is 1.72. The predicted octanol–water partition coefficient (Wildman–Crippen LogP) is 4.83. The molecule has 0 saturated carbocycles. The predicted molar refractivity (Wildman–Crippen MR) is 71.5 cm³/mol. The minimum absolute atomic E-state index is 0.0578. The van der Waals surface area contributed by atoms with Gasteiger partial charge >= 0.3 is 12.1 Å². The molecule has 0 saturated heterocycles. The third-order valence-electron chi connectivity index (χ3n) is 2.74. The summed E-state index contributed by atoms with van der Waals surface area (Å²) < 4.78 is 37.8. The summed E-state index contributed by atoms with van der Waals surface area (Å²) in [6.07, 6.45) is -4.38. The number of carboxylic acids is 1. The minimum Gasteiger partial charge on any atom is -0.478 e. The van der Waals surface area contributed by atoms with E-state index in [9.17, 15) is 18.0 Å². The van der Waals surface area contributed by atoms with E-state index in [1.807, 2.05) is 0 Å². The lowest BCUT2D eigenvalue weighted by Crippen LogP contribution is -2.04. The van der Waals surface area contributed by atoms with Crippen LogP contribution in [-0.2, 0) is 6.18 Å². The topological polar surface area (TPSA) is 37.3 Å². The van der Waals surface area contributed by atoms with E-state index in [0.717, 1.165) is 12.1 Å². The molecule has 6 heteroatoms. The first-order valence-corrected chi connectivity index (χ1v) is 6.29. The van der Waals surface area contributed by atoms with Crippen molar-refractivity contribution in [2.45, 2.75) is 6.18 Å². The average molecular weight is 345 g/mol. The van der Waals surface area contributed by atoms with Crippen LogP contribution in [0.5, 0.6) is 0 Å². The Morgan fingerprint density at radius 1 is 1.00 bits per heavy atom. The van der Waals surface area contributed by atoms with Crippen LogP contribution in [0.25, 0.3) is 11.1 Å². The summed E-state index contributed by atoms with van der Waals surface area (Å²) in [5.74, 6) is -1.11. The van der Waals surface area contributed by atoms with Gasteiger partial charge in [-0.15, -0.1) is 0 Å². The van der Waals surface area contributed by atoms with Gasteiger partial charge in [-0.05, 0) is 51.3 Å². The smallest absolute Gasteiger partial charge is 0.416 e. The van der Waals surface area contributed by atoms with Crippen LogP contribution in [0.15, 0.2) is 46.9 Å². The van der Waals surface area contributed by atoms with Crippen LogP contribution in [0.4, 0.5) is 13.2 Å². The van der Waals surface area contributed by atoms with Crippen LogP contribution in [0.1, 0.15) is 15.9 Å². The van der Waals surface area contributed by atoms with Crippen molar-refractivity contribution < 1.29 is 23.1 Å². The Morgan fingerprint density at radius 3 is 2.05 bits per heavy atom. The van der Waals surface area contributed by atoms with Crippen LogP contribution in [0.2, 0.25) is 0 Å². The van der Waals surface area contributed by atoms with E-state index in [2.05, 4.69) is 15.9 Å². The minimum atomic E-state index is -4.38. The summed E-state index contributed by atoms with van der Waals surface area (Å²) in [7, 11) is 0. The molecule has 2 aromatic rings. The van der Waals surface area contributed by atoms with E-state index in [0.29, 0.717) is 15.6 Å². The Balaban J connectivity index is 2.42. The second-order valence-electron chi connectivity index (χ2n) is 4.07. The first kappa shape index (κ1) is 14.6. The maximum Gasteiger partial charge on any atom is 0.416 e. The zero-order valence-electron chi connectivity index (χ0n) is 9.91. The Kier molecular flexibility index (Phi) is 3.85. The standard InChI is InChI=1S/C14H8BrF3O2/c15-12-6-3-9(7-11(12)13(19)20)8-1-4-10(5-2-8)14(16,17)18/h1-7H,(H,19,20). The molecular weight excluding hydrogens is 337 g/mol. The number of aromatic carboxylic acids is 1. The second kappa shape index (κ2) is 5.28. The number of carbonyl (C=O) groups is 1. The lowest BCUT2D eigenvalue weighted by atomic mass is 10.0. The third-order valence-corrected chi connectivity index (χ3v) is 3.43. The molecule has 0 fully saturated rings. The summed E-state index contributed by atoms with van der Waals surface area (Å²) in [4.78, 5) is 11.0. The average Bonchev–Trinajstić information content (AvgIpc) is 2.38. The SMILES string of the molecule is O=C(O)c1cc(-c2ccc(C(F)(F)F)cc2)ccc1Br. The monoisotopic (exact) mass is 344 g/mol. The highest BCUT2D eigenvalue weighted by Crippen LogP contribution is 2.31. The van der Waals surface area contributed by atoms with Crippen LogP contribution < -0.4 is 0 Å². The number of alkyl halides is 3. The highest BCUT2D eigenvalue weighted by atomic mass is 79.9. The molecule has 0 amide bonds. The van der Waals surface area contributed by atoms with Gasteiger partial charge < -0.3 is 5.11 Å². The van der Waals surface area contributed by atoms with Gasteiger partial charge in [-0.25, -0.2) is 4.79 Å². The van der Waals surface area contributed by atoms with Gasteiger partial charge in [-0.1, -0.05) is 18.2 Å². The quantitative estimate of drug-likeness (QED) is 0.846. The maximum absolute atomic E-state index is 12.5. The van der Waals surface area contributed by atoms with Gasteiger partial charge in [0.1, 0.15) is 0 Å². The molecule has 0 aromatic heterocycles. The second-order valence-corrected chi connectivity index (χ2v) is 4.93. The van der Waals surface area contributed by atoms with Crippen molar-refractivity contribution in [2.24, 2.45) is 0 Å². The van der Waals surface area contributed by atoms with Crippen molar-refractivity contribution in [3.05, 3.63) is 58.1 Å². The van der Waals surface area contributed by atoms with Crippen molar-refractivity contribution in [2.75, 3.05) is 0 Å². The number of carboxylic acid groups (broad SMARTS) is 1. The van der Waals surface area contributed by atoms with Crippen molar-refractivity contribution in [1.82, 2.24) is 0 Å². The molecule has 0 spiro atoms. The number of benzene rings is 2. The molecule has 20 heavy (non-hydrogen) atoms. The Morgan fingerprint density at radius 2 is 1.55 bits per heavy atom. The molecule has 0 heterocycles. The lowest BCUT2D eigenvalue weighted by molar-refractivity contribution is -0.137. The molecule has 0 aliphatic carbocycles. The molecule has 2 aromatic carbocycles. The number of hydrogen-bond donors (Lipinski definition) is 1. The maximum atomic E-state index is 12.5. The first-order chi connectivity index (χ1) is 9.29. The highest BCUT2D eigenvalue weighted by Gasteiger charge is 2.29. The summed E-state index contributed by atoms with van der Waals surface area (Å²) in [6, 6.07) is 9.18. The van der Waals surface area contributed by atoms with E-state index in [-0.39, 0.29) is 5.56 Å².